The summed E-state index contributed by atoms with van der Waals surface area (Å²) < 4.78 is 3.38. The van der Waals surface area contributed by atoms with E-state index in [4.69, 9.17) is 0 Å². The molecule has 0 bridgehead atoms. The molecule has 0 aliphatic carbocycles. The molecule has 2 aromatic heterocycles. The van der Waals surface area contributed by atoms with Crippen molar-refractivity contribution in [1.29, 1.82) is 0 Å². The zero-order chi connectivity index (χ0) is 12.5. The van der Waals surface area contributed by atoms with Gasteiger partial charge in [0.15, 0.2) is 0 Å². The van der Waals surface area contributed by atoms with Gasteiger partial charge in [0.05, 0.1) is 0 Å². The lowest BCUT2D eigenvalue weighted by atomic mass is 10.2. The van der Waals surface area contributed by atoms with Crippen molar-refractivity contribution >= 4 is 21.4 Å². The smallest absolute Gasteiger partial charge is 0.131 e. The van der Waals surface area contributed by atoms with Crippen molar-refractivity contribution in [2.45, 2.75) is 6.04 Å². The molecule has 0 fully saturated rings. The summed E-state index contributed by atoms with van der Waals surface area (Å²) in [6.45, 7) is 0. The molecule has 1 N–H and O–H groups in total. The molecule has 1 atom stereocenters. The van der Waals surface area contributed by atoms with Crippen LogP contribution >= 0.6 is 11.3 Å². The number of fused-ring (bicyclic) bond motifs is 1. The van der Waals surface area contributed by atoms with Crippen molar-refractivity contribution in [3.05, 3.63) is 53.4 Å². The fraction of sp³-hybridized carbons (Fsp3) is 0.214. The van der Waals surface area contributed by atoms with Crippen LogP contribution in [0.15, 0.2) is 42.7 Å². The maximum Gasteiger partial charge on any atom is 0.131 e. The third-order valence-electron chi connectivity index (χ3n) is 3.13. The van der Waals surface area contributed by atoms with Crippen molar-refractivity contribution in [2.24, 2.45) is 7.05 Å². The van der Waals surface area contributed by atoms with Crippen LogP contribution in [0.5, 0.6) is 0 Å². The average molecular weight is 257 g/mol. The van der Waals surface area contributed by atoms with Crippen molar-refractivity contribution in [2.75, 3.05) is 7.05 Å². The number of hydrogen-bond donors (Lipinski definition) is 1. The summed E-state index contributed by atoms with van der Waals surface area (Å²) in [7, 11) is 4.00. The Hall–Kier alpha value is -1.65. The SMILES string of the molecule is CNC(c1cc2ccccc2s1)c1nccn1C. The molecule has 92 valence electrons. The summed E-state index contributed by atoms with van der Waals surface area (Å²) >= 11 is 1.82. The van der Waals surface area contributed by atoms with Crippen molar-refractivity contribution in [3.63, 3.8) is 0 Å². The second kappa shape index (κ2) is 4.55. The van der Waals surface area contributed by atoms with Gasteiger partial charge in [-0.05, 0) is 24.6 Å². The monoisotopic (exact) mass is 257 g/mol. The molecular formula is C14H15N3S. The number of thiophene rings is 1. The highest BCUT2D eigenvalue weighted by Gasteiger charge is 2.18. The van der Waals surface area contributed by atoms with E-state index in [9.17, 15) is 0 Å². The van der Waals surface area contributed by atoms with Gasteiger partial charge in [0.2, 0.25) is 0 Å². The lowest BCUT2D eigenvalue weighted by molar-refractivity contribution is 0.626. The van der Waals surface area contributed by atoms with Crippen LogP contribution < -0.4 is 5.32 Å². The molecule has 1 unspecified atom stereocenters. The van der Waals surface area contributed by atoms with Crippen LogP contribution in [0.3, 0.4) is 0 Å². The maximum absolute atomic E-state index is 4.44. The van der Waals surface area contributed by atoms with E-state index in [-0.39, 0.29) is 6.04 Å². The van der Waals surface area contributed by atoms with E-state index in [0.717, 1.165) is 5.82 Å². The van der Waals surface area contributed by atoms with E-state index in [1.807, 2.05) is 37.8 Å². The summed E-state index contributed by atoms with van der Waals surface area (Å²) in [6.07, 6.45) is 3.82. The fourth-order valence-electron chi connectivity index (χ4n) is 2.20. The van der Waals surface area contributed by atoms with E-state index < -0.39 is 0 Å². The molecule has 1 aromatic carbocycles. The molecule has 0 amide bonds. The molecule has 0 aliphatic rings. The lowest BCUT2D eigenvalue weighted by Crippen LogP contribution is -2.20. The molecule has 3 aromatic rings. The highest BCUT2D eigenvalue weighted by atomic mass is 32.1. The molecule has 0 aliphatic heterocycles. The number of aromatic nitrogens is 2. The Bertz CT molecular complexity index is 635. The minimum Gasteiger partial charge on any atom is -0.336 e. The highest BCUT2D eigenvalue weighted by Crippen LogP contribution is 2.32. The Morgan fingerprint density at radius 2 is 2.17 bits per heavy atom. The van der Waals surface area contributed by atoms with Crippen molar-refractivity contribution in [1.82, 2.24) is 14.9 Å². The van der Waals surface area contributed by atoms with Gasteiger partial charge in [-0.25, -0.2) is 4.98 Å². The summed E-state index contributed by atoms with van der Waals surface area (Å²) in [5.74, 6) is 1.05. The molecule has 0 saturated carbocycles. The maximum atomic E-state index is 4.44. The summed E-state index contributed by atoms with van der Waals surface area (Å²) in [6, 6.07) is 10.9. The first kappa shape index (κ1) is 11.4. The first-order chi connectivity index (χ1) is 8.79. The molecule has 0 radical (unpaired) electrons. The predicted molar refractivity (Wildman–Crippen MR) is 75.9 cm³/mol. The standard InChI is InChI=1S/C14H15N3S/c1-15-13(14-16-7-8-17(14)2)12-9-10-5-3-4-6-11(10)18-12/h3-9,13,15H,1-2H3. The number of imidazole rings is 1. The lowest BCUT2D eigenvalue weighted by Gasteiger charge is -2.13. The average Bonchev–Trinajstić information content (AvgIpc) is 2.97. The van der Waals surface area contributed by atoms with Gasteiger partial charge in [0, 0.05) is 29.0 Å². The second-order valence-corrected chi connectivity index (χ2v) is 5.42. The molecule has 0 spiro atoms. The van der Waals surface area contributed by atoms with Crippen LogP contribution in [0.4, 0.5) is 0 Å². The van der Waals surface area contributed by atoms with E-state index in [2.05, 4.69) is 45.2 Å². The number of aryl methyl sites for hydroxylation is 1. The third kappa shape index (κ3) is 1.83. The van der Waals surface area contributed by atoms with E-state index in [1.54, 1.807) is 0 Å². The Morgan fingerprint density at radius 3 is 2.83 bits per heavy atom. The highest BCUT2D eigenvalue weighted by molar-refractivity contribution is 7.19. The minimum atomic E-state index is 0.155. The molecule has 4 heteroatoms. The Labute approximate surface area is 110 Å². The molecule has 18 heavy (non-hydrogen) atoms. The van der Waals surface area contributed by atoms with Crippen LogP contribution in [0.25, 0.3) is 10.1 Å². The topological polar surface area (TPSA) is 29.9 Å². The Balaban J connectivity index is 2.09. The largest absolute Gasteiger partial charge is 0.336 e. The number of nitrogens with zero attached hydrogens (tertiary/aromatic N) is 2. The normalized spacial score (nSPS) is 13.0. The number of nitrogens with one attached hydrogen (secondary N) is 1. The summed E-state index contributed by atoms with van der Waals surface area (Å²) in [4.78, 5) is 5.74. The number of benzene rings is 1. The van der Waals surface area contributed by atoms with Gasteiger partial charge in [0.25, 0.3) is 0 Å². The molecule has 0 saturated heterocycles. The van der Waals surface area contributed by atoms with Gasteiger partial charge in [-0.1, -0.05) is 18.2 Å². The van der Waals surface area contributed by atoms with Gasteiger partial charge in [-0.3, -0.25) is 0 Å². The first-order valence-corrected chi connectivity index (χ1v) is 6.74. The van der Waals surface area contributed by atoms with Crippen LogP contribution in [-0.4, -0.2) is 16.6 Å². The third-order valence-corrected chi connectivity index (χ3v) is 4.32. The van der Waals surface area contributed by atoms with Crippen LogP contribution in [0.2, 0.25) is 0 Å². The fourth-order valence-corrected chi connectivity index (χ4v) is 3.37. The molecule has 3 nitrogen and oxygen atoms in total. The second-order valence-electron chi connectivity index (χ2n) is 4.30. The van der Waals surface area contributed by atoms with Crippen LogP contribution in [-0.2, 0) is 7.05 Å². The summed E-state index contributed by atoms with van der Waals surface area (Å²) in [5.41, 5.74) is 0. The van der Waals surface area contributed by atoms with Gasteiger partial charge < -0.3 is 9.88 Å². The van der Waals surface area contributed by atoms with Gasteiger partial charge in [-0.15, -0.1) is 11.3 Å². The van der Waals surface area contributed by atoms with Gasteiger partial charge in [-0.2, -0.15) is 0 Å². The number of rotatable bonds is 3. The Morgan fingerprint density at radius 1 is 1.33 bits per heavy atom. The quantitative estimate of drug-likeness (QED) is 0.782. The Kier molecular flexibility index (Phi) is 2.89. The predicted octanol–water partition coefficient (Wildman–Crippen LogP) is 2.94. The summed E-state index contributed by atoms with van der Waals surface area (Å²) in [5, 5.41) is 4.65. The van der Waals surface area contributed by atoms with E-state index >= 15 is 0 Å². The molecule has 2 heterocycles. The number of hydrogen-bond acceptors (Lipinski definition) is 3. The minimum absolute atomic E-state index is 0.155. The molecule has 3 rings (SSSR count). The first-order valence-electron chi connectivity index (χ1n) is 5.92. The van der Waals surface area contributed by atoms with E-state index in [1.165, 1.54) is 15.0 Å². The van der Waals surface area contributed by atoms with Crippen molar-refractivity contribution in [3.8, 4) is 0 Å². The molecular weight excluding hydrogens is 242 g/mol. The van der Waals surface area contributed by atoms with Crippen LogP contribution in [0.1, 0.15) is 16.7 Å². The van der Waals surface area contributed by atoms with Gasteiger partial charge in [0.1, 0.15) is 11.9 Å². The van der Waals surface area contributed by atoms with Crippen molar-refractivity contribution < 1.29 is 0 Å². The van der Waals surface area contributed by atoms with Crippen LogP contribution in [0, 0.1) is 0 Å². The van der Waals surface area contributed by atoms with E-state index in [0.29, 0.717) is 0 Å². The van der Waals surface area contributed by atoms with Gasteiger partial charge >= 0.3 is 0 Å². The zero-order valence-corrected chi connectivity index (χ0v) is 11.2. The zero-order valence-electron chi connectivity index (χ0n) is 10.4.